The molecule has 0 spiro atoms. The molecule has 1 amide bonds. The Balaban J connectivity index is 1.77. The fraction of sp³-hybridized carbons (Fsp3) is 0.375. The van der Waals surface area contributed by atoms with Gasteiger partial charge in [0.25, 0.3) is 0 Å². The first-order chi connectivity index (χ1) is 10.6. The molecule has 1 aliphatic heterocycles. The van der Waals surface area contributed by atoms with E-state index in [1.54, 1.807) is 17.4 Å². The van der Waals surface area contributed by atoms with Gasteiger partial charge >= 0.3 is 0 Å². The molecule has 1 saturated heterocycles. The number of aromatic nitrogens is 2. The Kier molecular flexibility index (Phi) is 3.16. The third kappa shape index (κ3) is 2.19. The predicted molar refractivity (Wildman–Crippen MR) is 88.6 cm³/mol. The van der Waals surface area contributed by atoms with E-state index in [0.29, 0.717) is 11.5 Å². The van der Waals surface area contributed by atoms with Crippen molar-refractivity contribution in [2.24, 2.45) is 5.73 Å². The number of thiazole rings is 1. The van der Waals surface area contributed by atoms with Gasteiger partial charge in [0.15, 0.2) is 4.96 Å². The summed E-state index contributed by atoms with van der Waals surface area (Å²) in [7, 11) is 2.17. The topological polar surface area (TPSA) is 63.6 Å². The van der Waals surface area contributed by atoms with Crippen LogP contribution in [0.5, 0.6) is 0 Å². The second kappa shape index (κ2) is 5.07. The first-order valence-corrected chi connectivity index (χ1v) is 8.33. The van der Waals surface area contributed by atoms with Gasteiger partial charge in [-0.25, -0.2) is 4.98 Å². The van der Waals surface area contributed by atoms with Gasteiger partial charge in [-0.3, -0.25) is 9.20 Å². The average Bonchev–Trinajstić information content (AvgIpc) is 3.03. The molecule has 1 aromatic carbocycles. The number of benzene rings is 1. The Hall–Kier alpha value is -1.92. The minimum atomic E-state index is -0.390. The molecule has 1 fully saturated rings. The smallest absolute Gasteiger partial charge is 0.248 e. The first-order valence-electron chi connectivity index (χ1n) is 7.52. The van der Waals surface area contributed by atoms with Crippen molar-refractivity contribution in [3.63, 3.8) is 0 Å². The summed E-state index contributed by atoms with van der Waals surface area (Å²) >= 11 is 1.61. The summed E-state index contributed by atoms with van der Waals surface area (Å²) in [5.41, 5.74) is 8.16. The van der Waals surface area contributed by atoms with Crippen LogP contribution in [0.2, 0.25) is 0 Å². The number of amides is 1. The van der Waals surface area contributed by atoms with Crippen molar-refractivity contribution < 1.29 is 4.79 Å². The van der Waals surface area contributed by atoms with Crippen molar-refractivity contribution in [1.29, 1.82) is 0 Å². The molecule has 1 atom stereocenters. The fourth-order valence-electron chi connectivity index (χ4n) is 3.28. The van der Waals surface area contributed by atoms with Crippen LogP contribution in [0.25, 0.3) is 15.2 Å². The van der Waals surface area contributed by atoms with Crippen molar-refractivity contribution in [3.8, 4) is 0 Å². The zero-order valence-electron chi connectivity index (χ0n) is 12.5. The van der Waals surface area contributed by atoms with Crippen LogP contribution < -0.4 is 5.73 Å². The third-order valence-corrected chi connectivity index (χ3v) is 5.46. The summed E-state index contributed by atoms with van der Waals surface area (Å²) in [6, 6.07) is 5.59. The Bertz CT molecular complexity index is 866. The number of likely N-dealkylation sites (tertiary alicyclic amines) is 1. The molecule has 3 aromatic rings. The number of imidazole rings is 1. The molecule has 2 N–H and O–H groups in total. The van der Waals surface area contributed by atoms with E-state index in [-0.39, 0.29) is 5.91 Å². The Morgan fingerprint density at radius 2 is 2.32 bits per heavy atom. The van der Waals surface area contributed by atoms with E-state index in [2.05, 4.69) is 22.5 Å². The summed E-state index contributed by atoms with van der Waals surface area (Å²) in [6.07, 6.45) is 4.59. The molecular weight excluding hydrogens is 296 g/mol. The van der Waals surface area contributed by atoms with Crippen LogP contribution in [0.3, 0.4) is 0 Å². The van der Waals surface area contributed by atoms with E-state index < -0.39 is 0 Å². The second-order valence-corrected chi connectivity index (χ2v) is 7.08. The molecule has 0 radical (unpaired) electrons. The minimum Gasteiger partial charge on any atom is -0.366 e. The van der Waals surface area contributed by atoms with Gasteiger partial charge in [-0.1, -0.05) is 11.3 Å². The number of rotatable bonds is 2. The quantitative estimate of drug-likeness (QED) is 0.790. The third-order valence-electron chi connectivity index (χ3n) is 4.44. The Labute approximate surface area is 132 Å². The zero-order valence-corrected chi connectivity index (χ0v) is 13.3. The van der Waals surface area contributed by atoms with E-state index in [1.165, 1.54) is 25.1 Å². The Morgan fingerprint density at radius 1 is 1.45 bits per heavy atom. The maximum absolute atomic E-state index is 11.3. The number of piperidine rings is 1. The van der Waals surface area contributed by atoms with Crippen molar-refractivity contribution in [2.45, 2.75) is 18.8 Å². The lowest BCUT2D eigenvalue weighted by Crippen LogP contribution is -2.30. The normalized spacial score (nSPS) is 20.0. The van der Waals surface area contributed by atoms with Crippen molar-refractivity contribution in [3.05, 3.63) is 35.7 Å². The molecule has 5 nitrogen and oxygen atoms in total. The van der Waals surface area contributed by atoms with Crippen LogP contribution in [0.15, 0.2) is 24.4 Å². The molecule has 6 heteroatoms. The molecule has 0 bridgehead atoms. The summed E-state index contributed by atoms with van der Waals surface area (Å²) in [5.74, 6) is 0.129. The number of hydrogen-bond acceptors (Lipinski definition) is 4. The summed E-state index contributed by atoms with van der Waals surface area (Å²) in [6.45, 7) is 2.26. The number of carbonyl (C=O) groups excluding carboxylic acids is 1. The lowest BCUT2D eigenvalue weighted by Gasteiger charge is -2.28. The summed E-state index contributed by atoms with van der Waals surface area (Å²) in [4.78, 5) is 19.5. The predicted octanol–water partition coefficient (Wildman–Crippen LogP) is 2.46. The van der Waals surface area contributed by atoms with Crippen LogP contribution in [0.4, 0.5) is 0 Å². The van der Waals surface area contributed by atoms with Gasteiger partial charge < -0.3 is 10.6 Å². The number of hydrogen-bond donors (Lipinski definition) is 1. The van der Waals surface area contributed by atoms with Gasteiger partial charge in [-0.2, -0.15) is 0 Å². The van der Waals surface area contributed by atoms with Crippen molar-refractivity contribution in [1.82, 2.24) is 14.3 Å². The average molecular weight is 314 g/mol. The minimum absolute atomic E-state index is 0.390. The maximum Gasteiger partial charge on any atom is 0.248 e. The van der Waals surface area contributed by atoms with Gasteiger partial charge in [0.2, 0.25) is 5.91 Å². The lowest BCUT2D eigenvalue weighted by atomic mass is 9.96. The van der Waals surface area contributed by atoms with E-state index in [4.69, 9.17) is 10.7 Å². The Morgan fingerprint density at radius 3 is 3.09 bits per heavy atom. The van der Waals surface area contributed by atoms with Crippen molar-refractivity contribution in [2.75, 3.05) is 20.1 Å². The number of fused-ring (bicyclic) bond motifs is 3. The van der Waals surface area contributed by atoms with Gasteiger partial charge in [0.1, 0.15) is 0 Å². The number of nitrogens with two attached hydrogens (primary N) is 1. The van der Waals surface area contributed by atoms with Gasteiger partial charge in [0, 0.05) is 24.2 Å². The number of carbonyl (C=O) groups is 1. The molecule has 0 saturated carbocycles. The largest absolute Gasteiger partial charge is 0.366 e. The molecule has 3 heterocycles. The van der Waals surface area contributed by atoms with Crippen LogP contribution in [0.1, 0.15) is 34.8 Å². The SMILES string of the molecule is CN1CCC[C@H](c2cn3c(n2)sc2cc(C(N)=O)ccc23)C1. The zero-order chi connectivity index (χ0) is 15.3. The van der Waals surface area contributed by atoms with Gasteiger partial charge in [-0.15, -0.1) is 0 Å². The van der Waals surface area contributed by atoms with E-state index in [9.17, 15) is 4.79 Å². The summed E-state index contributed by atoms with van der Waals surface area (Å²) in [5, 5.41) is 0. The molecule has 22 heavy (non-hydrogen) atoms. The maximum atomic E-state index is 11.3. The van der Waals surface area contributed by atoms with Crippen LogP contribution in [-0.4, -0.2) is 40.3 Å². The molecular formula is C16H18N4OS. The monoisotopic (exact) mass is 314 g/mol. The molecule has 4 rings (SSSR count). The number of nitrogens with zero attached hydrogens (tertiary/aromatic N) is 3. The van der Waals surface area contributed by atoms with E-state index in [1.807, 2.05) is 12.1 Å². The lowest BCUT2D eigenvalue weighted by molar-refractivity contribution is 0.100. The highest BCUT2D eigenvalue weighted by Crippen LogP contribution is 2.31. The van der Waals surface area contributed by atoms with Crippen LogP contribution in [0, 0.1) is 0 Å². The first kappa shape index (κ1) is 13.7. The standard InChI is InChI=1S/C16H18N4OS/c1-19-6-2-3-11(8-19)12-9-20-13-5-4-10(15(17)21)7-14(13)22-16(20)18-12/h4-5,7,9,11H,2-3,6,8H2,1H3,(H2,17,21)/t11-/m0/s1. The number of likely N-dealkylation sites (N-methyl/N-ethyl adjacent to an activating group) is 1. The molecule has 1 aliphatic rings. The second-order valence-electron chi connectivity index (χ2n) is 6.07. The van der Waals surface area contributed by atoms with Crippen LogP contribution >= 0.6 is 11.3 Å². The molecule has 0 unspecified atom stereocenters. The number of primary amides is 1. The molecule has 2 aromatic heterocycles. The highest BCUT2D eigenvalue weighted by Gasteiger charge is 2.22. The molecule has 114 valence electrons. The van der Waals surface area contributed by atoms with Gasteiger partial charge in [0.05, 0.1) is 15.9 Å². The summed E-state index contributed by atoms with van der Waals surface area (Å²) < 4.78 is 3.18. The van der Waals surface area contributed by atoms with Crippen LogP contribution in [-0.2, 0) is 0 Å². The molecule has 0 aliphatic carbocycles. The van der Waals surface area contributed by atoms with Crippen molar-refractivity contribution >= 4 is 32.4 Å². The van der Waals surface area contributed by atoms with E-state index >= 15 is 0 Å². The van der Waals surface area contributed by atoms with Gasteiger partial charge in [-0.05, 0) is 44.6 Å². The highest BCUT2D eigenvalue weighted by molar-refractivity contribution is 7.23. The fourth-order valence-corrected chi connectivity index (χ4v) is 4.33. The highest BCUT2D eigenvalue weighted by atomic mass is 32.1. The van der Waals surface area contributed by atoms with E-state index in [0.717, 1.165) is 21.7 Å².